The average Bonchev–Trinajstić information content (AvgIpc) is 2.89. The summed E-state index contributed by atoms with van der Waals surface area (Å²) in [6.45, 7) is 15.8. The Labute approximate surface area is 251 Å². The molecule has 248 valence electrons. The Morgan fingerprint density at radius 3 is 1.53 bits per heavy atom. The normalized spacial score (nSPS) is 38.4. The van der Waals surface area contributed by atoms with Crippen LogP contribution >= 0.6 is 0 Å². The Hall–Kier alpha value is -2.84. The first kappa shape index (κ1) is 38.2. The molecule has 2 unspecified atom stereocenters. The molecule has 3 aliphatic heterocycles. The van der Waals surface area contributed by atoms with Gasteiger partial charge in [0.15, 0.2) is 18.6 Å². The highest BCUT2D eigenvalue weighted by atomic mass is 19.1. The largest absolute Gasteiger partial charge is 0.498 e. The zero-order valence-electron chi connectivity index (χ0n) is 26.4. The zero-order chi connectivity index (χ0) is 33.2. The van der Waals surface area contributed by atoms with Crippen LogP contribution in [0.25, 0.3) is 0 Å². The first-order valence-electron chi connectivity index (χ1n) is 14.1. The van der Waals surface area contributed by atoms with Gasteiger partial charge in [-0.05, 0) is 26.8 Å². The minimum absolute atomic E-state index is 0.111. The van der Waals surface area contributed by atoms with E-state index in [0.29, 0.717) is 0 Å². The molecule has 0 aromatic heterocycles. The molecule has 3 aliphatic rings. The number of alkyl halides is 2. The standard InChI is InChI=1S/C11H17FO5.C9H15FO4.C9H14O3/c1-5-6(2)15-11(17-8(4)14)9(12)10(5)16-7(3)13;1-4-5(2)13-9(12)7(10)8(4)14-6(3)11;1-6-7(2)11-5-4-9(6)12-8(3)10/h5-6,9-11H,1-4H3;4-5,7-9,12H,1-3H3;4-7,9H,1-3H3/t5-,6+,9+,10-,11?;4-,5+,7+,8-,9?;6-,7+,9+/m111/s1. The molecule has 0 radical (unpaired) electrons. The van der Waals surface area contributed by atoms with E-state index in [1.807, 2.05) is 13.8 Å². The van der Waals surface area contributed by atoms with Crippen LogP contribution in [-0.2, 0) is 52.3 Å². The van der Waals surface area contributed by atoms with Gasteiger partial charge < -0.3 is 38.3 Å². The number of hydrogen-bond donors (Lipinski definition) is 1. The van der Waals surface area contributed by atoms with Crippen LogP contribution in [0.3, 0.4) is 0 Å². The molecule has 0 aromatic rings. The third kappa shape index (κ3) is 12.0. The second-order valence-electron chi connectivity index (χ2n) is 10.9. The van der Waals surface area contributed by atoms with Gasteiger partial charge in [-0.3, -0.25) is 19.2 Å². The number of esters is 4. The van der Waals surface area contributed by atoms with E-state index < -0.39 is 55.0 Å². The second-order valence-corrected chi connectivity index (χ2v) is 10.9. The van der Waals surface area contributed by atoms with Crippen molar-refractivity contribution < 1.29 is 66.2 Å². The Kier molecular flexibility index (Phi) is 15.5. The van der Waals surface area contributed by atoms with Crippen molar-refractivity contribution in [3.05, 3.63) is 12.3 Å². The van der Waals surface area contributed by atoms with Crippen LogP contribution in [0, 0.1) is 17.8 Å². The van der Waals surface area contributed by atoms with Gasteiger partial charge in [-0.2, -0.15) is 0 Å². The van der Waals surface area contributed by atoms with Crippen molar-refractivity contribution in [3.8, 4) is 0 Å². The first-order valence-corrected chi connectivity index (χ1v) is 14.1. The molecule has 0 bridgehead atoms. The third-order valence-corrected chi connectivity index (χ3v) is 7.39. The van der Waals surface area contributed by atoms with Crippen molar-refractivity contribution in [2.75, 3.05) is 0 Å². The summed E-state index contributed by atoms with van der Waals surface area (Å²) in [4.78, 5) is 43.1. The van der Waals surface area contributed by atoms with E-state index in [4.69, 9.17) is 38.3 Å². The number of rotatable bonds is 4. The molecule has 3 heterocycles. The van der Waals surface area contributed by atoms with Crippen LogP contribution in [0.5, 0.6) is 0 Å². The van der Waals surface area contributed by atoms with Crippen LogP contribution in [0.15, 0.2) is 12.3 Å². The average molecular weight is 625 g/mol. The lowest BCUT2D eigenvalue weighted by molar-refractivity contribution is -0.258. The van der Waals surface area contributed by atoms with E-state index in [0.717, 1.165) is 0 Å². The van der Waals surface area contributed by atoms with Crippen LogP contribution < -0.4 is 0 Å². The Balaban J connectivity index is 0.000000328. The fraction of sp³-hybridized carbons (Fsp3) is 0.793. The maximum absolute atomic E-state index is 14.0. The van der Waals surface area contributed by atoms with Crippen molar-refractivity contribution in [2.45, 2.75) is 131 Å². The first-order chi connectivity index (χ1) is 19.9. The summed E-state index contributed by atoms with van der Waals surface area (Å²) >= 11 is 0. The lowest BCUT2D eigenvalue weighted by atomic mass is 9.92. The van der Waals surface area contributed by atoms with E-state index >= 15 is 0 Å². The lowest BCUT2D eigenvalue weighted by Crippen LogP contribution is -2.53. The Morgan fingerprint density at radius 2 is 1.07 bits per heavy atom. The summed E-state index contributed by atoms with van der Waals surface area (Å²) in [7, 11) is 0. The maximum Gasteiger partial charge on any atom is 0.305 e. The molecule has 43 heavy (non-hydrogen) atoms. The van der Waals surface area contributed by atoms with Gasteiger partial charge in [-0.15, -0.1) is 0 Å². The second kappa shape index (κ2) is 17.5. The van der Waals surface area contributed by atoms with Gasteiger partial charge in [-0.1, -0.05) is 20.8 Å². The number of hydrogen-bond acceptors (Lipinski definition) is 12. The summed E-state index contributed by atoms with van der Waals surface area (Å²) in [6.07, 6.45) is -5.41. The molecule has 2 fully saturated rings. The molecule has 0 spiro atoms. The number of carbonyl (C=O) groups is 4. The number of aliphatic hydroxyl groups is 1. The fourth-order valence-electron chi connectivity index (χ4n) is 4.40. The van der Waals surface area contributed by atoms with Crippen LogP contribution in [0.1, 0.15) is 69.2 Å². The highest BCUT2D eigenvalue weighted by Gasteiger charge is 2.46. The van der Waals surface area contributed by atoms with Gasteiger partial charge >= 0.3 is 23.9 Å². The number of aliphatic hydroxyl groups excluding tert-OH is 1. The minimum atomic E-state index is -1.68. The van der Waals surface area contributed by atoms with Crippen LogP contribution in [0.4, 0.5) is 8.78 Å². The zero-order valence-corrected chi connectivity index (χ0v) is 26.4. The molecule has 3 rings (SSSR count). The van der Waals surface area contributed by atoms with Crippen molar-refractivity contribution in [1.82, 2.24) is 0 Å². The molecule has 14 heteroatoms. The molecule has 0 aliphatic carbocycles. The molecule has 12 nitrogen and oxygen atoms in total. The molecule has 1 N–H and O–H groups in total. The fourth-order valence-corrected chi connectivity index (χ4v) is 4.40. The monoisotopic (exact) mass is 624 g/mol. The molecule has 13 atom stereocenters. The molecule has 0 aromatic carbocycles. The summed E-state index contributed by atoms with van der Waals surface area (Å²) < 4.78 is 62.2. The van der Waals surface area contributed by atoms with Gasteiger partial charge in [-0.25, -0.2) is 8.78 Å². The van der Waals surface area contributed by atoms with Crippen LogP contribution in [0.2, 0.25) is 0 Å². The minimum Gasteiger partial charge on any atom is -0.498 e. The molecular formula is C29H46F2O12. The van der Waals surface area contributed by atoms with Crippen LogP contribution in [-0.4, -0.2) is 90.5 Å². The molecule has 2 saturated heterocycles. The van der Waals surface area contributed by atoms with Crippen molar-refractivity contribution in [3.63, 3.8) is 0 Å². The van der Waals surface area contributed by atoms with Gasteiger partial charge in [0.2, 0.25) is 6.29 Å². The Bertz CT molecular complexity index is 948. The smallest absolute Gasteiger partial charge is 0.305 e. The summed E-state index contributed by atoms with van der Waals surface area (Å²) in [5.74, 6) is -2.35. The number of ether oxygens (including phenoxy) is 7. The Morgan fingerprint density at radius 1 is 0.628 bits per heavy atom. The van der Waals surface area contributed by atoms with E-state index in [-0.39, 0.29) is 48.1 Å². The van der Waals surface area contributed by atoms with Crippen molar-refractivity contribution in [2.24, 2.45) is 17.8 Å². The summed E-state index contributed by atoms with van der Waals surface area (Å²) in [5.41, 5.74) is 0. The molecule has 0 saturated carbocycles. The molecular weight excluding hydrogens is 578 g/mol. The highest BCUT2D eigenvalue weighted by Crippen LogP contribution is 2.31. The third-order valence-electron chi connectivity index (χ3n) is 7.39. The predicted molar refractivity (Wildman–Crippen MR) is 146 cm³/mol. The van der Waals surface area contributed by atoms with Crippen molar-refractivity contribution in [1.29, 1.82) is 0 Å². The molecule has 0 amide bonds. The highest BCUT2D eigenvalue weighted by molar-refractivity contribution is 5.67. The van der Waals surface area contributed by atoms with E-state index in [9.17, 15) is 28.0 Å². The van der Waals surface area contributed by atoms with Gasteiger partial charge in [0.05, 0.1) is 18.5 Å². The maximum atomic E-state index is 14.0. The lowest BCUT2D eigenvalue weighted by Gasteiger charge is -2.39. The van der Waals surface area contributed by atoms with Gasteiger partial charge in [0.25, 0.3) is 0 Å². The van der Waals surface area contributed by atoms with E-state index in [2.05, 4.69) is 0 Å². The van der Waals surface area contributed by atoms with Gasteiger partial charge in [0.1, 0.15) is 24.4 Å². The van der Waals surface area contributed by atoms with Crippen molar-refractivity contribution >= 4 is 23.9 Å². The van der Waals surface area contributed by atoms with E-state index in [1.54, 1.807) is 40.0 Å². The number of halogens is 2. The summed E-state index contributed by atoms with van der Waals surface area (Å²) in [6, 6.07) is 0. The topological polar surface area (TPSA) is 153 Å². The van der Waals surface area contributed by atoms with E-state index in [1.165, 1.54) is 27.7 Å². The quantitative estimate of drug-likeness (QED) is 0.361. The predicted octanol–water partition coefficient (Wildman–Crippen LogP) is 3.32. The van der Waals surface area contributed by atoms with Gasteiger partial charge in [0, 0.05) is 45.4 Å². The summed E-state index contributed by atoms with van der Waals surface area (Å²) in [5, 5.41) is 9.16. The SMILES string of the molecule is CC(=O)OC1O[C@@H](C)[C@@H](C)[C@@H](OC(C)=O)[C@@H]1F.CC(=O)O[C@@H]1[C@H](C)[C@H](C)OC(O)[C@H]1F.CC(=O)O[C@H]1C=CO[C@@H](C)[C@H]1C. The number of carbonyl (C=O) groups excluding carboxylic acids is 4.